The molecule has 3 rings (SSSR count). The summed E-state index contributed by atoms with van der Waals surface area (Å²) in [6, 6.07) is 11.3. The summed E-state index contributed by atoms with van der Waals surface area (Å²) >= 11 is 1.41. The summed E-state index contributed by atoms with van der Waals surface area (Å²) in [5.74, 6) is 0. The monoisotopic (exact) mass is 272 g/mol. The van der Waals surface area contributed by atoms with Gasteiger partial charge in [0, 0.05) is 4.88 Å². The molecular formula is C14H12N2O2S. The van der Waals surface area contributed by atoms with Crippen molar-refractivity contribution in [1.82, 2.24) is 9.55 Å². The number of fused-ring (bicyclic) bond motifs is 1. The van der Waals surface area contributed by atoms with Crippen LogP contribution in [-0.2, 0) is 6.54 Å². The molecule has 1 aromatic carbocycles. The molecule has 0 fully saturated rings. The van der Waals surface area contributed by atoms with Gasteiger partial charge in [-0.3, -0.25) is 9.36 Å². The normalized spacial score (nSPS) is 11.0. The zero-order valence-corrected chi connectivity index (χ0v) is 11.2. The molecule has 0 spiro atoms. The molecule has 0 saturated heterocycles. The van der Waals surface area contributed by atoms with Gasteiger partial charge in [-0.15, -0.1) is 11.3 Å². The zero-order chi connectivity index (χ0) is 13.4. The molecule has 4 nitrogen and oxygen atoms in total. The number of thiophene rings is 1. The quantitative estimate of drug-likeness (QED) is 0.776. The van der Waals surface area contributed by atoms with Crippen molar-refractivity contribution in [1.29, 1.82) is 0 Å². The first-order valence-corrected chi connectivity index (χ1v) is 6.74. The molecule has 1 N–H and O–H groups in total. The number of benzene rings is 1. The molecule has 0 radical (unpaired) electrons. The third-order valence-corrected chi connectivity index (χ3v) is 4.00. The number of nitrogens with one attached hydrogen (secondary N) is 1. The molecule has 0 atom stereocenters. The number of H-pyrrole nitrogens is 1. The van der Waals surface area contributed by atoms with Crippen molar-refractivity contribution in [3.63, 3.8) is 0 Å². The molecule has 2 aromatic heterocycles. The predicted molar refractivity (Wildman–Crippen MR) is 77.0 cm³/mol. The van der Waals surface area contributed by atoms with Gasteiger partial charge in [0.2, 0.25) is 0 Å². The number of aryl methyl sites for hydroxylation is 1. The van der Waals surface area contributed by atoms with Gasteiger partial charge in [-0.1, -0.05) is 30.3 Å². The highest BCUT2D eigenvalue weighted by Gasteiger charge is 2.10. The molecule has 5 heteroatoms. The summed E-state index contributed by atoms with van der Waals surface area (Å²) in [5, 5.41) is 0. The predicted octanol–water partition coefficient (Wildman–Crippen LogP) is 2.11. The van der Waals surface area contributed by atoms with Crippen molar-refractivity contribution < 1.29 is 0 Å². The van der Waals surface area contributed by atoms with E-state index in [-0.39, 0.29) is 11.2 Å². The van der Waals surface area contributed by atoms with Gasteiger partial charge < -0.3 is 4.98 Å². The summed E-state index contributed by atoms with van der Waals surface area (Å²) in [7, 11) is 0. The summed E-state index contributed by atoms with van der Waals surface area (Å²) in [5.41, 5.74) is 0.976. The van der Waals surface area contributed by atoms with Crippen LogP contribution in [0.3, 0.4) is 0 Å². The van der Waals surface area contributed by atoms with E-state index in [9.17, 15) is 9.59 Å². The third kappa shape index (κ3) is 2.13. The van der Waals surface area contributed by atoms with Crippen LogP contribution in [0.4, 0.5) is 0 Å². The second-order valence-corrected chi connectivity index (χ2v) is 5.66. The Morgan fingerprint density at radius 1 is 1.21 bits per heavy atom. The Balaban J connectivity index is 2.19. The van der Waals surface area contributed by atoms with Crippen LogP contribution in [0.25, 0.3) is 10.2 Å². The highest BCUT2D eigenvalue weighted by molar-refractivity contribution is 7.18. The fourth-order valence-electron chi connectivity index (χ4n) is 2.07. The van der Waals surface area contributed by atoms with E-state index in [2.05, 4.69) is 4.98 Å². The van der Waals surface area contributed by atoms with Crippen LogP contribution in [0.1, 0.15) is 10.4 Å². The van der Waals surface area contributed by atoms with E-state index in [1.807, 2.05) is 43.3 Å². The minimum Gasteiger partial charge on any atom is -0.306 e. The zero-order valence-electron chi connectivity index (χ0n) is 10.3. The number of aromatic amines is 1. The van der Waals surface area contributed by atoms with Crippen LogP contribution in [-0.4, -0.2) is 9.55 Å². The smallest absolute Gasteiger partial charge is 0.306 e. The standard InChI is InChI=1S/C14H12N2O2S/c1-9-7-11-12(19-9)13(17)16(14(18)15-11)8-10-5-3-2-4-6-10/h2-7H,8H2,1H3,(H,15,18). The van der Waals surface area contributed by atoms with Crippen molar-refractivity contribution in [2.24, 2.45) is 0 Å². The minimum atomic E-state index is -0.362. The van der Waals surface area contributed by atoms with Gasteiger partial charge in [-0.2, -0.15) is 0 Å². The maximum atomic E-state index is 12.3. The molecule has 2 heterocycles. The van der Waals surface area contributed by atoms with Crippen LogP contribution in [0.2, 0.25) is 0 Å². The van der Waals surface area contributed by atoms with Crippen LogP contribution in [0.5, 0.6) is 0 Å². The van der Waals surface area contributed by atoms with Crippen molar-refractivity contribution >= 4 is 21.6 Å². The maximum absolute atomic E-state index is 12.3. The second kappa shape index (κ2) is 4.51. The van der Waals surface area contributed by atoms with Crippen molar-refractivity contribution in [2.75, 3.05) is 0 Å². The van der Waals surface area contributed by atoms with Gasteiger partial charge >= 0.3 is 5.69 Å². The molecule has 0 aliphatic carbocycles. The summed E-state index contributed by atoms with van der Waals surface area (Å²) < 4.78 is 1.85. The Morgan fingerprint density at radius 2 is 1.95 bits per heavy atom. The first kappa shape index (κ1) is 11.9. The molecule has 0 aliphatic heterocycles. The lowest BCUT2D eigenvalue weighted by molar-refractivity contribution is 0.713. The van der Waals surface area contributed by atoms with Crippen LogP contribution in [0, 0.1) is 6.92 Å². The lowest BCUT2D eigenvalue weighted by Crippen LogP contribution is -2.34. The van der Waals surface area contributed by atoms with E-state index in [0.717, 1.165) is 10.4 Å². The van der Waals surface area contributed by atoms with E-state index < -0.39 is 0 Å². The molecule has 0 saturated carbocycles. The van der Waals surface area contributed by atoms with Gasteiger partial charge in [0.1, 0.15) is 4.70 Å². The molecular weight excluding hydrogens is 260 g/mol. The number of hydrogen-bond donors (Lipinski definition) is 1. The van der Waals surface area contributed by atoms with Crippen molar-refractivity contribution in [2.45, 2.75) is 13.5 Å². The Labute approximate surface area is 113 Å². The molecule has 0 aliphatic rings. The van der Waals surface area contributed by atoms with Gasteiger partial charge in [0.15, 0.2) is 0 Å². The average molecular weight is 272 g/mol. The fraction of sp³-hybridized carbons (Fsp3) is 0.143. The Hall–Kier alpha value is -2.14. The van der Waals surface area contributed by atoms with E-state index in [4.69, 9.17) is 0 Å². The molecule has 19 heavy (non-hydrogen) atoms. The molecule has 0 unspecified atom stereocenters. The molecule has 0 bridgehead atoms. The second-order valence-electron chi connectivity index (χ2n) is 4.41. The van der Waals surface area contributed by atoms with E-state index in [1.165, 1.54) is 15.9 Å². The first-order valence-electron chi connectivity index (χ1n) is 5.92. The van der Waals surface area contributed by atoms with Crippen molar-refractivity contribution in [3.05, 3.63) is 67.7 Å². The molecule has 3 aromatic rings. The Kier molecular flexibility index (Phi) is 2.83. The topological polar surface area (TPSA) is 54.9 Å². The Morgan fingerprint density at radius 3 is 2.68 bits per heavy atom. The lowest BCUT2D eigenvalue weighted by Gasteiger charge is -2.04. The van der Waals surface area contributed by atoms with Gasteiger partial charge in [-0.05, 0) is 18.6 Å². The maximum Gasteiger partial charge on any atom is 0.329 e. The lowest BCUT2D eigenvalue weighted by atomic mass is 10.2. The largest absolute Gasteiger partial charge is 0.329 e. The molecule has 96 valence electrons. The van der Waals surface area contributed by atoms with Crippen molar-refractivity contribution in [3.8, 4) is 0 Å². The average Bonchev–Trinajstić information content (AvgIpc) is 2.76. The van der Waals surface area contributed by atoms with Gasteiger partial charge in [0.25, 0.3) is 5.56 Å². The number of aromatic nitrogens is 2. The van der Waals surface area contributed by atoms with Crippen LogP contribution < -0.4 is 11.2 Å². The van der Waals surface area contributed by atoms with E-state index in [0.29, 0.717) is 16.8 Å². The molecule has 0 amide bonds. The van der Waals surface area contributed by atoms with Gasteiger partial charge in [0.05, 0.1) is 12.1 Å². The summed E-state index contributed by atoms with van der Waals surface area (Å²) in [4.78, 5) is 28.1. The van der Waals surface area contributed by atoms with E-state index >= 15 is 0 Å². The Bertz CT molecular complexity index is 843. The SMILES string of the molecule is Cc1cc2[nH]c(=O)n(Cc3ccccc3)c(=O)c2s1. The number of hydrogen-bond acceptors (Lipinski definition) is 3. The highest BCUT2D eigenvalue weighted by atomic mass is 32.1. The van der Waals surface area contributed by atoms with Crippen LogP contribution >= 0.6 is 11.3 Å². The van der Waals surface area contributed by atoms with E-state index in [1.54, 1.807) is 0 Å². The highest BCUT2D eigenvalue weighted by Crippen LogP contribution is 2.18. The van der Waals surface area contributed by atoms with Gasteiger partial charge in [-0.25, -0.2) is 4.79 Å². The van der Waals surface area contributed by atoms with Crippen LogP contribution in [0.15, 0.2) is 46.0 Å². The minimum absolute atomic E-state index is 0.222. The summed E-state index contributed by atoms with van der Waals surface area (Å²) in [6.45, 7) is 2.21. The first-order chi connectivity index (χ1) is 9.15. The number of nitrogens with zero attached hydrogens (tertiary/aromatic N) is 1. The number of rotatable bonds is 2. The summed E-state index contributed by atoms with van der Waals surface area (Å²) in [6.07, 6.45) is 0. The third-order valence-electron chi connectivity index (χ3n) is 2.96. The fourth-order valence-corrected chi connectivity index (χ4v) is 2.99.